The lowest BCUT2D eigenvalue weighted by Crippen LogP contribution is -2.40. The Balaban J connectivity index is 2.08. The topological polar surface area (TPSA) is 9.23 Å². The quantitative estimate of drug-likeness (QED) is 0.605. The fraction of sp³-hybridized carbons (Fsp3) is 0.538. The lowest BCUT2D eigenvalue weighted by Gasteiger charge is -2.44. The Morgan fingerprint density at radius 2 is 2.21 bits per heavy atom. The van der Waals surface area contributed by atoms with E-state index in [1.54, 1.807) is 0 Å². The average molecular weight is 188 g/mol. The summed E-state index contributed by atoms with van der Waals surface area (Å²) in [6, 6.07) is 8.54. The minimum absolute atomic E-state index is 0.122. The third kappa shape index (κ3) is 1.15. The van der Waals surface area contributed by atoms with Crippen molar-refractivity contribution in [3.05, 3.63) is 29.8 Å². The SMILES string of the molecule is C[C@@]12CCC[C@@H](C1)c1ccccc1O2. The molecule has 14 heavy (non-hydrogen) atoms. The summed E-state index contributed by atoms with van der Waals surface area (Å²) in [5.41, 5.74) is 1.56. The van der Waals surface area contributed by atoms with E-state index in [2.05, 4.69) is 31.2 Å². The van der Waals surface area contributed by atoms with E-state index in [1.807, 2.05) is 0 Å². The highest BCUT2D eigenvalue weighted by Gasteiger charge is 2.39. The molecule has 1 heterocycles. The molecule has 3 rings (SSSR count). The smallest absolute Gasteiger partial charge is 0.123 e. The van der Waals surface area contributed by atoms with Gasteiger partial charge in [-0.25, -0.2) is 0 Å². The molecule has 1 nitrogen and oxygen atoms in total. The molecule has 0 radical (unpaired) electrons. The zero-order valence-electron chi connectivity index (χ0n) is 8.62. The maximum Gasteiger partial charge on any atom is 0.123 e. The van der Waals surface area contributed by atoms with Crippen LogP contribution in [0.5, 0.6) is 5.75 Å². The Hall–Kier alpha value is -0.980. The van der Waals surface area contributed by atoms with Crippen molar-refractivity contribution in [3.63, 3.8) is 0 Å². The van der Waals surface area contributed by atoms with Crippen LogP contribution < -0.4 is 4.74 Å². The van der Waals surface area contributed by atoms with E-state index < -0.39 is 0 Å². The lowest BCUT2D eigenvalue weighted by atomic mass is 9.74. The van der Waals surface area contributed by atoms with Crippen molar-refractivity contribution in [3.8, 4) is 5.75 Å². The van der Waals surface area contributed by atoms with Gasteiger partial charge in [-0.3, -0.25) is 0 Å². The number of rotatable bonds is 0. The molecule has 1 aliphatic heterocycles. The standard InChI is InChI=1S/C13H16O/c1-13-8-4-5-10(9-13)11-6-2-3-7-12(11)14-13/h2-3,6-7,10H,4-5,8-9H2,1H3/t10-,13+/m0/s1. The molecule has 1 aromatic rings. The lowest BCUT2D eigenvalue weighted by molar-refractivity contribution is 0.0212. The van der Waals surface area contributed by atoms with Crippen molar-refractivity contribution >= 4 is 0 Å². The van der Waals surface area contributed by atoms with E-state index in [1.165, 1.54) is 31.2 Å². The predicted octanol–water partition coefficient (Wildman–Crippen LogP) is 3.50. The van der Waals surface area contributed by atoms with E-state index in [0.717, 1.165) is 11.7 Å². The Labute approximate surface area is 85.1 Å². The first kappa shape index (κ1) is 8.34. The van der Waals surface area contributed by atoms with Gasteiger partial charge in [0.15, 0.2) is 0 Å². The normalized spacial score (nSPS) is 34.5. The summed E-state index contributed by atoms with van der Waals surface area (Å²) >= 11 is 0. The highest BCUT2D eigenvalue weighted by Crippen LogP contribution is 2.48. The molecule has 0 aromatic heterocycles. The van der Waals surface area contributed by atoms with Gasteiger partial charge in [-0.15, -0.1) is 0 Å². The number of hydrogen-bond acceptors (Lipinski definition) is 1. The van der Waals surface area contributed by atoms with Gasteiger partial charge in [-0.2, -0.15) is 0 Å². The molecule has 0 spiro atoms. The predicted molar refractivity (Wildman–Crippen MR) is 56.7 cm³/mol. The molecular weight excluding hydrogens is 172 g/mol. The number of hydrogen-bond donors (Lipinski definition) is 0. The molecule has 1 saturated carbocycles. The third-order valence-electron chi connectivity index (χ3n) is 3.65. The van der Waals surface area contributed by atoms with Crippen LogP contribution in [0.4, 0.5) is 0 Å². The Bertz CT molecular complexity index is 358. The van der Waals surface area contributed by atoms with Crippen molar-refractivity contribution in [1.29, 1.82) is 0 Å². The van der Waals surface area contributed by atoms with Gasteiger partial charge in [0.1, 0.15) is 11.4 Å². The van der Waals surface area contributed by atoms with Crippen LogP contribution in [0.15, 0.2) is 24.3 Å². The fourth-order valence-corrected chi connectivity index (χ4v) is 2.98. The van der Waals surface area contributed by atoms with Gasteiger partial charge in [0.05, 0.1) is 0 Å². The molecule has 2 aliphatic rings. The zero-order valence-corrected chi connectivity index (χ0v) is 8.62. The first-order chi connectivity index (χ1) is 6.77. The maximum absolute atomic E-state index is 6.09. The first-order valence-electron chi connectivity index (χ1n) is 5.55. The summed E-state index contributed by atoms with van der Waals surface area (Å²) in [4.78, 5) is 0. The number of benzene rings is 1. The first-order valence-corrected chi connectivity index (χ1v) is 5.55. The average Bonchev–Trinajstić information content (AvgIpc) is 2.17. The van der Waals surface area contributed by atoms with Crippen LogP contribution in [-0.2, 0) is 0 Å². The molecule has 1 aliphatic carbocycles. The second-order valence-electron chi connectivity index (χ2n) is 4.88. The molecule has 0 unspecified atom stereocenters. The molecular formula is C13H16O. The van der Waals surface area contributed by atoms with Crippen LogP contribution in [0.25, 0.3) is 0 Å². The van der Waals surface area contributed by atoms with Crippen molar-refractivity contribution in [2.24, 2.45) is 0 Å². The van der Waals surface area contributed by atoms with Gasteiger partial charge in [0.2, 0.25) is 0 Å². The van der Waals surface area contributed by atoms with Crippen LogP contribution in [0.2, 0.25) is 0 Å². The second-order valence-corrected chi connectivity index (χ2v) is 4.88. The molecule has 2 atom stereocenters. The summed E-state index contributed by atoms with van der Waals surface area (Å²) in [6.07, 6.45) is 5.09. The van der Waals surface area contributed by atoms with Crippen molar-refractivity contribution in [2.45, 2.75) is 44.1 Å². The van der Waals surface area contributed by atoms with Gasteiger partial charge in [0, 0.05) is 0 Å². The highest BCUT2D eigenvalue weighted by atomic mass is 16.5. The number of fused-ring (bicyclic) bond motifs is 4. The molecule has 0 N–H and O–H groups in total. The van der Waals surface area contributed by atoms with Gasteiger partial charge < -0.3 is 4.74 Å². The number of para-hydroxylation sites is 1. The second kappa shape index (κ2) is 2.75. The zero-order chi connectivity index (χ0) is 9.60. The summed E-state index contributed by atoms with van der Waals surface area (Å²) in [6.45, 7) is 2.26. The molecule has 1 heteroatoms. The summed E-state index contributed by atoms with van der Waals surface area (Å²) in [5, 5.41) is 0. The van der Waals surface area contributed by atoms with Crippen LogP contribution in [0.3, 0.4) is 0 Å². The fourth-order valence-electron chi connectivity index (χ4n) is 2.98. The third-order valence-corrected chi connectivity index (χ3v) is 3.65. The molecule has 1 fully saturated rings. The van der Waals surface area contributed by atoms with Crippen LogP contribution in [0, 0.1) is 0 Å². The van der Waals surface area contributed by atoms with E-state index in [9.17, 15) is 0 Å². The maximum atomic E-state index is 6.09. The van der Waals surface area contributed by atoms with Gasteiger partial charge in [-0.1, -0.05) is 18.2 Å². The van der Waals surface area contributed by atoms with Crippen LogP contribution in [-0.4, -0.2) is 5.60 Å². The van der Waals surface area contributed by atoms with E-state index in [0.29, 0.717) is 0 Å². The Kier molecular flexibility index (Phi) is 1.64. The molecule has 0 saturated heterocycles. The van der Waals surface area contributed by atoms with Crippen molar-refractivity contribution in [2.75, 3.05) is 0 Å². The Morgan fingerprint density at radius 3 is 3.14 bits per heavy atom. The molecule has 2 bridgehead atoms. The van der Waals surface area contributed by atoms with Crippen molar-refractivity contribution in [1.82, 2.24) is 0 Å². The minimum atomic E-state index is 0.122. The van der Waals surface area contributed by atoms with E-state index in [4.69, 9.17) is 4.74 Å². The molecule has 0 amide bonds. The summed E-state index contributed by atoms with van der Waals surface area (Å²) in [5.74, 6) is 1.88. The number of ether oxygens (including phenoxy) is 1. The largest absolute Gasteiger partial charge is 0.487 e. The van der Waals surface area contributed by atoms with Gasteiger partial charge >= 0.3 is 0 Å². The van der Waals surface area contributed by atoms with Gasteiger partial charge in [-0.05, 0) is 50.2 Å². The molecule has 74 valence electrons. The summed E-state index contributed by atoms with van der Waals surface area (Å²) < 4.78 is 6.09. The molecule has 1 aromatic carbocycles. The highest BCUT2D eigenvalue weighted by molar-refractivity contribution is 5.39. The van der Waals surface area contributed by atoms with Crippen molar-refractivity contribution < 1.29 is 4.74 Å². The van der Waals surface area contributed by atoms with E-state index >= 15 is 0 Å². The van der Waals surface area contributed by atoms with Crippen LogP contribution in [0.1, 0.15) is 44.1 Å². The van der Waals surface area contributed by atoms with E-state index in [-0.39, 0.29) is 5.60 Å². The monoisotopic (exact) mass is 188 g/mol. The summed E-state index contributed by atoms with van der Waals surface area (Å²) in [7, 11) is 0. The minimum Gasteiger partial charge on any atom is -0.487 e. The van der Waals surface area contributed by atoms with Crippen LogP contribution >= 0.6 is 0 Å². The van der Waals surface area contributed by atoms with Gasteiger partial charge in [0.25, 0.3) is 0 Å². The Morgan fingerprint density at radius 1 is 1.36 bits per heavy atom.